The maximum atomic E-state index is 9.89. The van der Waals surface area contributed by atoms with Crippen LogP contribution >= 0.6 is 47.8 Å². The molecule has 4 nitrogen and oxygen atoms in total. The summed E-state index contributed by atoms with van der Waals surface area (Å²) in [6, 6.07) is 3.84. The molecule has 0 saturated heterocycles. The summed E-state index contributed by atoms with van der Waals surface area (Å²) in [5, 5.41) is 17.9. The largest absolute Gasteiger partial charge is 0.384 e. The average molecular weight is 440 g/mol. The standard InChI is InChI=1S/C11H10Br3N3O/c1-11(2,18)9-5-17(16-15-9)10-7(13)3-6(12)4-8(10)14/h3-5,18H,1-2H3. The van der Waals surface area contributed by atoms with Gasteiger partial charge in [0.05, 0.1) is 11.9 Å². The van der Waals surface area contributed by atoms with Crippen molar-refractivity contribution in [3.8, 4) is 5.69 Å². The number of benzene rings is 1. The van der Waals surface area contributed by atoms with Crippen molar-refractivity contribution in [1.82, 2.24) is 15.0 Å². The molecule has 0 unspecified atom stereocenters. The molecule has 0 amide bonds. The third-order valence-electron chi connectivity index (χ3n) is 2.33. The Bertz CT molecular complexity index is 566. The Morgan fingerprint density at radius 2 is 1.72 bits per heavy atom. The van der Waals surface area contributed by atoms with E-state index in [-0.39, 0.29) is 0 Å². The van der Waals surface area contributed by atoms with E-state index in [4.69, 9.17) is 0 Å². The fraction of sp³-hybridized carbons (Fsp3) is 0.273. The van der Waals surface area contributed by atoms with Crippen molar-refractivity contribution >= 4 is 47.8 Å². The van der Waals surface area contributed by atoms with Crippen LogP contribution < -0.4 is 0 Å². The van der Waals surface area contributed by atoms with E-state index < -0.39 is 5.60 Å². The lowest BCUT2D eigenvalue weighted by Crippen LogP contribution is -2.15. The van der Waals surface area contributed by atoms with Crippen LogP contribution in [0.15, 0.2) is 31.7 Å². The number of nitrogens with zero attached hydrogens (tertiary/aromatic N) is 3. The van der Waals surface area contributed by atoms with Crippen LogP contribution in [-0.4, -0.2) is 20.1 Å². The maximum absolute atomic E-state index is 9.89. The van der Waals surface area contributed by atoms with Gasteiger partial charge in [-0.1, -0.05) is 21.1 Å². The Morgan fingerprint density at radius 3 is 2.17 bits per heavy atom. The first kappa shape index (κ1) is 14.2. The fourth-order valence-corrected chi connectivity index (χ4v) is 4.03. The quantitative estimate of drug-likeness (QED) is 0.774. The average Bonchev–Trinajstić information content (AvgIpc) is 2.64. The molecule has 1 aromatic heterocycles. The van der Waals surface area contributed by atoms with Crippen molar-refractivity contribution in [3.63, 3.8) is 0 Å². The Labute approximate surface area is 130 Å². The van der Waals surface area contributed by atoms with Crippen LogP contribution in [0, 0.1) is 0 Å². The van der Waals surface area contributed by atoms with E-state index in [1.165, 1.54) is 0 Å². The molecule has 0 aliphatic carbocycles. The lowest BCUT2D eigenvalue weighted by Gasteiger charge is -2.12. The SMILES string of the molecule is CC(C)(O)c1cn(-c2c(Br)cc(Br)cc2Br)nn1. The third kappa shape index (κ3) is 2.84. The van der Waals surface area contributed by atoms with Gasteiger partial charge in [0.25, 0.3) is 0 Å². The van der Waals surface area contributed by atoms with Crippen molar-refractivity contribution in [2.24, 2.45) is 0 Å². The van der Waals surface area contributed by atoms with E-state index in [1.54, 1.807) is 24.7 Å². The highest BCUT2D eigenvalue weighted by molar-refractivity contribution is 9.11. The summed E-state index contributed by atoms with van der Waals surface area (Å²) in [5.74, 6) is 0. The van der Waals surface area contributed by atoms with Gasteiger partial charge in [0.2, 0.25) is 0 Å². The Balaban J connectivity index is 2.53. The minimum atomic E-state index is -1.01. The predicted octanol–water partition coefficient (Wildman–Crippen LogP) is 3.78. The summed E-state index contributed by atoms with van der Waals surface area (Å²) in [7, 11) is 0. The molecule has 7 heteroatoms. The molecule has 0 bridgehead atoms. The highest BCUT2D eigenvalue weighted by atomic mass is 79.9. The van der Waals surface area contributed by atoms with Crippen molar-refractivity contribution in [2.75, 3.05) is 0 Å². The number of hydrogen-bond donors (Lipinski definition) is 1. The molecule has 18 heavy (non-hydrogen) atoms. The maximum Gasteiger partial charge on any atom is 0.114 e. The lowest BCUT2D eigenvalue weighted by molar-refractivity contribution is 0.0737. The number of rotatable bonds is 2. The second kappa shape index (κ2) is 5.03. The summed E-state index contributed by atoms with van der Waals surface area (Å²) in [4.78, 5) is 0. The second-order valence-electron chi connectivity index (χ2n) is 4.33. The second-order valence-corrected chi connectivity index (χ2v) is 6.95. The first-order chi connectivity index (χ1) is 8.29. The molecule has 0 saturated carbocycles. The first-order valence-corrected chi connectivity index (χ1v) is 7.47. The molecule has 2 rings (SSSR count). The van der Waals surface area contributed by atoms with Gasteiger partial charge >= 0.3 is 0 Å². The van der Waals surface area contributed by atoms with Gasteiger partial charge in [0, 0.05) is 13.4 Å². The summed E-state index contributed by atoms with van der Waals surface area (Å²) in [6.07, 6.45) is 1.71. The van der Waals surface area contributed by atoms with Gasteiger partial charge in [-0.2, -0.15) is 0 Å². The topological polar surface area (TPSA) is 50.9 Å². The van der Waals surface area contributed by atoms with Crippen molar-refractivity contribution in [2.45, 2.75) is 19.4 Å². The van der Waals surface area contributed by atoms with E-state index in [1.807, 2.05) is 12.1 Å². The van der Waals surface area contributed by atoms with Gasteiger partial charge in [-0.15, -0.1) is 5.10 Å². The number of aliphatic hydroxyl groups is 1. The van der Waals surface area contributed by atoms with Crippen molar-refractivity contribution in [3.05, 3.63) is 37.4 Å². The van der Waals surface area contributed by atoms with Gasteiger partial charge in [0.15, 0.2) is 0 Å². The molecular weight excluding hydrogens is 430 g/mol. The number of hydrogen-bond acceptors (Lipinski definition) is 3. The Morgan fingerprint density at radius 1 is 1.17 bits per heavy atom. The summed E-state index contributed by atoms with van der Waals surface area (Å²) < 4.78 is 4.31. The van der Waals surface area contributed by atoms with E-state index in [9.17, 15) is 5.11 Å². The van der Waals surface area contributed by atoms with Crippen molar-refractivity contribution in [1.29, 1.82) is 0 Å². The monoisotopic (exact) mass is 437 g/mol. The first-order valence-electron chi connectivity index (χ1n) is 5.09. The van der Waals surface area contributed by atoms with Crippen LogP contribution in [-0.2, 0) is 5.60 Å². The highest BCUT2D eigenvalue weighted by Crippen LogP contribution is 2.32. The molecule has 0 aliphatic heterocycles. The predicted molar refractivity (Wildman–Crippen MR) is 79.7 cm³/mol. The fourth-order valence-electron chi connectivity index (χ4n) is 1.41. The molecule has 2 aromatic rings. The van der Waals surface area contributed by atoms with Crippen LogP contribution in [0.1, 0.15) is 19.5 Å². The Hall–Kier alpha value is -0.240. The van der Waals surface area contributed by atoms with Gasteiger partial charge in [0.1, 0.15) is 11.3 Å². The molecule has 0 radical (unpaired) electrons. The van der Waals surface area contributed by atoms with Crippen LogP contribution in [0.4, 0.5) is 0 Å². The summed E-state index contributed by atoms with van der Waals surface area (Å²) >= 11 is 10.4. The third-order valence-corrected chi connectivity index (χ3v) is 4.00. The molecule has 1 aromatic carbocycles. The van der Waals surface area contributed by atoms with Crippen LogP contribution in [0.25, 0.3) is 5.69 Å². The molecule has 0 atom stereocenters. The number of halogens is 3. The lowest BCUT2D eigenvalue weighted by atomic mass is 10.1. The van der Waals surface area contributed by atoms with Gasteiger partial charge < -0.3 is 5.11 Å². The molecule has 96 valence electrons. The van der Waals surface area contributed by atoms with Crippen LogP contribution in [0.3, 0.4) is 0 Å². The zero-order valence-electron chi connectivity index (χ0n) is 9.65. The molecule has 0 aliphatic rings. The number of aromatic nitrogens is 3. The van der Waals surface area contributed by atoms with Gasteiger partial charge in [-0.05, 0) is 57.8 Å². The summed E-state index contributed by atoms with van der Waals surface area (Å²) in [5.41, 5.74) is 0.345. The van der Waals surface area contributed by atoms with Crippen molar-refractivity contribution < 1.29 is 5.11 Å². The van der Waals surface area contributed by atoms with Gasteiger partial charge in [-0.3, -0.25) is 0 Å². The van der Waals surface area contributed by atoms with Crippen LogP contribution in [0.2, 0.25) is 0 Å². The minimum Gasteiger partial charge on any atom is -0.384 e. The summed E-state index contributed by atoms with van der Waals surface area (Å²) in [6.45, 7) is 3.35. The highest BCUT2D eigenvalue weighted by Gasteiger charge is 2.21. The zero-order chi connectivity index (χ0) is 13.5. The Kier molecular flexibility index (Phi) is 3.96. The smallest absolute Gasteiger partial charge is 0.114 e. The molecule has 0 spiro atoms. The van der Waals surface area contributed by atoms with E-state index in [0.29, 0.717) is 5.69 Å². The van der Waals surface area contributed by atoms with Crippen LogP contribution in [0.5, 0.6) is 0 Å². The normalized spacial score (nSPS) is 11.9. The van der Waals surface area contributed by atoms with E-state index in [0.717, 1.165) is 19.1 Å². The minimum absolute atomic E-state index is 0.518. The zero-order valence-corrected chi connectivity index (χ0v) is 14.4. The molecule has 1 heterocycles. The van der Waals surface area contributed by atoms with E-state index in [2.05, 4.69) is 58.1 Å². The molecule has 0 fully saturated rings. The van der Waals surface area contributed by atoms with E-state index >= 15 is 0 Å². The molecule has 1 N–H and O–H groups in total. The van der Waals surface area contributed by atoms with Gasteiger partial charge in [-0.25, -0.2) is 4.68 Å². The molecular formula is C11H10Br3N3O.